The van der Waals surface area contributed by atoms with Crippen molar-refractivity contribution in [1.82, 2.24) is 9.36 Å². The van der Waals surface area contributed by atoms with E-state index < -0.39 is 34.2 Å². The number of hydrogen-bond acceptors (Lipinski definition) is 7. The Labute approximate surface area is 188 Å². The molecule has 3 rings (SSSR count). The number of nitrogens with one attached hydrogen (secondary N) is 1. The minimum absolute atomic E-state index is 0.0170. The largest absolute Gasteiger partial charge is 0.490 e. The highest BCUT2D eigenvalue weighted by molar-refractivity contribution is 5.97. The van der Waals surface area contributed by atoms with Gasteiger partial charge < -0.3 is 14.8 Å². The van der Waals surface area contributed by atoms with Crippen LogP contribution in [0.25, 0.3) is 5.69 Å². The number of rotatable bonds is 7. The molecule has 0 fully saturated rings. The molecular formula is C22H22N4O7. The second-order valence-corrected chi connectivity index (χ2v) is 7.12. The van der Waals surface area contributed by atoms with E-state index in [0.29, 0.717) is 11.4 Å². The highest BCUT2D eigenvalue weighted by atomic mass is 16.6. The lowest BCUT2D eigenvalue weighted by Gasteiger charge is -2.13. The van der Waals surface area contributed by atoms with E-state index in [2.05, 4.69) is 5.32 Å². The normalized spacial score (nSPS) is 11.5. The first-order valence-electron chi connectivity index (χ1n) is 9.84. The zero-order valence-electron chi connectivity index (χ0n) is 18.4. The molecule has 11 nitrogen and oxygen atoms in total. The molecule has 0 aliphatic heterocycles. The fourth-order valence-corrected chi connectivity index (χ4v) is 3.18. The summed E-state index contributed by atoms with van der Waals surface area (Å²) in [5, 5.41) is 13.7. The van der Waals surface area contributed by atoms with Crippen molar-refractivity contribution in [1.29, 1.82) is 0 Å². The van der Waals surface area contributed by atoms with Gasteiger partial charge in [-0.3, -0.25) is 24.4 Å². The number of anilines is 1. The first-order chi connectivity index (χ1) is 15.6. The van der Waals surface area contributed by atoms with Gasteiger partial charge in [-0.2, -0.15) is 0 Å². The van der Waals surface area contributed by atoms with Gasteiger partial charge in [0.05, 0.1) is 29.0 Å². The molecule has 1 aromatic heterocycles. The smallest absolute Gasteiger partial charge is 0.339 e. The van der Waals surface area contributed by atoms with Gasteiger partial charge in [-0.15, -0.1) is 0 Å². The third-order valence-corrected chi connectivity index (χ3v) is 5.07. The number of para-hydroxylation sites is 1. The predicted molar refractivity (Wildman–Crippen MR) is 119 cm³/mol. The molecule has 1 heterocycles. The van der Waals surface area contributed by atoms with E-state index in [0.717, 1.165) is 6.07 Å². The lowest BCUT2D eigenvalue weighted by Crippen LogP contribution is -2.32. The fourth-order valence-electron chi connectivity index (χ4n) is 3.18. The topological polar surface area (TPSA) is 135 Å². The number of esters is 1. The van der Waals surface area contributed by atoms with Crippen molar-refractivity contribution in [2.24, 2.45) is 7.05 Å². The van der Waals surface area contributed by atoms with Crippen molar-refractivity contribution < 1.29 is 24.0 Å². The van der Waals surface area contributed by atoms with Gasteiger partial charge in [0.15, 0.2) is 11.9 Å². The number of ether oxygens (including phenoxy) is 2. The second-order valence-electron chi connectivity index (χ2n) is 7.12. The molecule has 0 bridgehead atoms. The van der Waals surface area contributed by atoms with Crippen LogP contribution in [0.5, 0.6) is 5.75 Å². The molecule has 0 spiro atoms. The van der Waals surface area contributed by atoms with Crippen molar-refractivity contribution in [3.8, 4) is 11.4 Å². The fraction of sp³-hybridized carbons (Fsp3) is 0.227. The lowest BCUT2D eigenvalue weighted by atomic mass is 10.2. The SMILES string of the molecule is COc1ccc(C(=O)OC(C)C(=O)Nc2c(C)n(C)n(-c3ccccc3)c2=O)cc1[N+](=O)[O-]. The first-order valence-corrected chi connectivity index (χ1v) is 9.84. The molecule has 1 atom stereocenters. The van der Waals surface area contributed by atoms with Gasteiger partial charge >= 0.3 is 11.7 Å². The summed E-state index contributed by atoms with van der Waals surface area (Å²) < 4.78 is 13.1. The second kappa shape index (κ2) is 9.39. The van der Waals surface area contributed by atoms with Gasteiger partial charge in [0, 0.05) is 13.1 Å². The number of benzene rings is 2. The number of carbonyl (C=O) groups is 2. The zero-order chi connectivity index (χ0) is 24.3. The molecule has 0 aliphatic rings. The Morgan fingerprint density at radius 1 is 1.15 bits per heavy atom. The van der Waals surface area contributed by atoms with Gasteiger partial charge in [-0.25, -0.2) is 9.48 Å². The number of nitro benzene ring substituents is 1. The zero-order valence-corrected chi connectivity index (χ0v) is 18.4. The number of hydrogen-bond donors (Lipinski definition) is 1. The summed E-state index contributed by atoms with van der Waals surface area (Å²) in [6.45, 7) is 3.00. The number of nitro groups is 1. The summed E-state index contributed by atoms with van der Waals surface area (Å²) in [4.78, 5) is 48.5. The van der Waals surface area contributed by atoms with Crippen LogP contribution in [0.1, 0.15) is 23.0 Å². The average Bonchev–Trinajstić information content (AvgIpc) is 3.01. The van der Waals surface area contributed by atoms with Crippen LogP contribution in [0.2, 0.25) is 0 Å². The van der Waals surface area contributed by atoms with Crippen LogP contribution >= 0.6 is 0 Å². The molecule has 33 heavy (non-hydrogen) atoms. The Balaban J connectivity index is 1.78. The van der Waals surface area contributed by atoms with Crippen LogP contribution in [0.4, 0.5) is 11.4 Å². The standard InChI is InChI=1S/C22H22N4O7/c1-13-19(21(28)25(24(13)3)16-8-6-5-7-9-16)23-20(27)14(2)33-22(29)15-10-11-18(32-4)17(12-15)26(30)31/h5-12,14H,1-4H3,(H,23,27). The van der Waals surface area contributed by atoms with E-state index in [4.69, 9.17) is 9.47 Å². The van der Waals surface area contributed by atoms with Crippen molar-refractivity contribution >= 4 is 23.3 Å². The Bertz CT molecular complexity index is 1280. The predicted octanol–water partition coefficient (Wildman–Crippen LogP) is 2.59. The summed E-state index contributed by atoms with van der Waals surface area (Å²) in [7, 11) is 2.95. The van der Waals surface area contributed by atoms with E-state index in [1.54, 1.807) is 42.9 Å². The van der Waals surface area contributed by atoms with Gasteiger partial charge in [0.1, 0.15) is 5.69 Å². The molecule has 172 valence electrons. The molecule has 0 saturated heterocycles. The van der Waals surface area contributed by atoms with Crippen molar-refractivity contribution in [3.05, 3.63) is 80.3 Å². The summed E-state index contributed by atoms with van der Waals surface area (Å²) in [5.74, 6) is -1.68. The molecule has 1 amide bonds. The Hall–Kier alpha value is -4.41. The maximum absolute atomic E-state index is 12.9. The highest BCUT2D eigenvalue weighted by Gasteiger charge is 2.25. The minimum Gasteiger partial charge on any atom is -0.490 e. The molecule has 3 aromatic rings. The molecule has 1 N–H and O–H groups in total. The Morgan fingerprint density at radius 3 is 2.42 bits per heavy atom. The summed E-state index contributed by atoms with van der Waals surface area (Å²) in [5.41, 5.74) is 0.193. The van der Waals surface area contributed by atoms with Crippen LogP contribution < -0.4 is 15.6 Å². The monoisotopic (exact) mass is 454 g/mol. The van der Waals surface area contributed by atoms with Gasteiger partial charge in [-0.05, 0) is 38.1 Å². The van der Waals surface area contributed by atoms with E-state index in [-0.39, 0.29) is 17.0 Å². The quantitative estimate of drug-likeness (QED) is 0.329. The number of methoxy groups -OCH3 is 1. The highest BCUT2D eigenvalue weighted by Crippen LogP contribution is 2.28. The van der Waals surface area contributed by atoms with Crippen LogP contribution in [0.3, 0.4) is 0 Å². The molecule has 2 aromatic carbocycles. The van der Waals surface area contributed by atoms with Gasteiger partial charge in [-0.1, -0.05) is 18.2 Å². The number of aromatic nitrogens is 2. The maximum atomic E-state index is 12.9. The molecule has 0 saturated carbocycles. The van der Waals surface area contributed by atoms with Crippen LogP contribution in [0.15, 0.2) is 53.3 Å². The van der Waals surface area contributed by atoms with Crippen LogP contribution in [-0.4, -0.2) is 39.4 Å². The van der Waals surface area contributed by atoms with Crippen molar-refractivity contribution in [2.45, 2.75) is 20.0 Å². The van der Waals surface area contributed by atoms with E-state index >= 15 is 0 Å². The summed E-state index contributed by atoms with van der Waals surface area (Å²) >= 11 is 0. The maximum Gasteiger partial charge on any atom is 0.339 e. The Kier molecular flexibility index (Phi) is 6.61. The third kappa shape index (κ3) is 4.61. The van der Waals surface area contributed by atoms with Gasteiger partial charge in [0.25, 0.3) is 11.5 Å². The first kappa shape index (κ1) is 23.3. The molecule has 0 aliphatic carbocycles. The molecule has 11 heteroatoms. The summed E-state index contributed by atoms with van der Waals surface area (Å²) in [6.07, 6.45) is -1.28. The molecule has 0 radical (unpaired) electrons. The Morgan fingerprint density at radius 2 is 1.82 bits per heavy atom. The molecule has 1 unspecified atom stereocenters. The number of carbonyl (C=O) groups excluding carboxylic acids is 2. The average molecular weight is 454 g/mol. The summed E-state index contributed by atoms with van der Waals surface area (Å²) in [6, 6.07) is 12.5. The number of nitrogens with zero attached hydrogens (tertiary/aromatic N) is 3. The number of amides is 1. The van der Waals surface area contributed by atoms with Crippen LogP contribution in [-0.2, 0) is 16.6 Å². The minimum atomic E-state index is -1.28. The lowest BCUT2D eigenvalue weighted by molar-refractivity contribution is -0.385. The van der Waals surface area contributed by atoms with Crippen molar-refractivity contribution in [3.63, 3.8) is 0 Å². The molecular weight excluding hydrogens is 432 g/mol. The van der Waals surface area contributed by atoms with E-state index in [1.807, 2.05) is 6.07 Å². The third-order valence-electron chi connectivity index (χ3n) is 5.07. The van der Waals surface area contributed by atoms with E-state index in [1.165, 1.54) is 30.8 Å². The van der Waals surface area contributed by atoms with Crippen molar-refractivity contribution in [2.75, 3.05) is 12.4 Å². The van der Waals surface area contributed by atoms with Gasteiger partial charge in [0.2, 0.25) is 0 Å². The van der Waals surface area contributed by atoms with E-state index in [9.17, 15) is 24.5 Å². The van der Waals surface area contributed by atoms with Crippen LogP contribution in [0, 0.1) is 17.0 Å².